The summed E-state index contributed by atoms with van der Waals surface area (Å²) in [5.41, 5.74) is 7.64. The molecule has 222 valence electrons. The third-order valence-corrected chi connectivity index (χ3v) is 5.99. The number of nitro groups is 1. The molecule has 0 saturated carbocycles. The smallest absolute Gasteiger partial charge is 0.338 e. The number of rotatable bonds is 14. The van der Waals surface area contributed by atoms with Crippen LogP contribution < -0.4 is 30.6 Å². The van der Waals surface area contributed by atoms with Gasteiger partial charge in [0.05, 0.1) is 50.2 Å². The Hall–Kier alpha value is -5.46. The van der Waals surface area contributed by atoms with E-state index in [0.29, 0.717) is 29.4 Å². The molecule has 0 fully saturated rings. The van der Waals surface area contributed by atoms with Crippen LogP contribution >= 0.6 is 0 Å². The average molecular weight is 581 g/mol. The minimum atomic E-state index is -0.737. The number of esters is 2. The first-order valence-electron chi connectivity index (χ1n) is 12.6. The molecular weight excluding hydrogens is 548 g/mol. The van der Waals surface area contributed by atoms with Crippen molar-refractivity contribution in [1.82, 2.24) is 0 Å². The van der Waals surface area contributed by atoms with Crippen molar-refractivity contribution < 1.29 is 38.2 Å². The molecule has 13 heteroatoms. The van der Waals surface area contributed by atoms with Gasteiger partial charge >= 0.3 is 11.9 Å². The Kier molecular flexibility index (Phi) is 10.9. The maximum absolute atomic E-state index is 12.2. The van der Waals surface area contributed by atoms with Crippen molar-refractivity contribution in [1.29, 1.82) is 0 Å². The molecule has 0 radical (unpaired) electrons. The molecule has 3 rings (SSSR count). The van der Waals surface area contributed by atoms with E-state index in [4.69, 9.17) is 29.4 Å². The van der Waals surface area contributed by atoms with E-state index in [9.17, 15) is 19.7 Å². The van der Waals surface area contributed by atoms with Crippen molar-refractivity contribution in [3.63, 3.8) is 0 Å². The fourth-order valence-electron chi connectivity index (χ4n) is 3.87. The summed E-state index contributed by atoms with van der Waals surface area (Å²) in [6.07, 6.45) is 3.51. The van der Waals surface area contributed by atoms with E-state index >= 15 is 0 Å². The summed E-state index contributed by atoms with van der Waals surface area (Å²) in [5, 5.41) is 18.0. The number of hydrogen-bond donors (Lipinski definition) is 3. The van der Waals surface area contributed by atoms with E-state index in [1.54, 1.807) is 43.5 Å². The zero-order chi connectivity index (χ0) is 30.6. The van der Waals surface area contributed by atoms with Crippen molar-refractivity contribution in [2.45, 2.75) is 6.61 Å². The number of nitrogens with one attached hydrogen (secondary N) is 2. The summed E-state index contributed by atoms with van der Waals surface area (Å²) in [4.78, 5) is 35.3. The van der Waals surface area contributed by atoms with E-state index in [2.05, 4.69) is 10.6 Å². The van der Waals surface area contributed by atoms with E-state index < -0.39 is 16.9 Å². The van der Waals surface area contributed by atoms with Crippen LogP contribution in [0.25, 0.3) is 0 Å². The average Bonchev–Trinajstić information content (AvgIpc) is 3.01. The summed E-state index contributed by atoms with van der Waals surface area (Å²) in [5.74, 6) is -0.139. The minimum Gasteiger partial charge on any atom is -0.497 e. The molecule has 0 heterocycles. The van der Waals surface area contributed by atoms with Gasteiger partial charge in [-0.1, -0.05) is 24.3 Å². The summed E-state index contributed by atoms with van der Waals surface area (Å²) >= 11 is 0. The number of carbonyl (C=O) groups excluding carboxylic acids is 2. The third-order valence-electron chi connectivity index (χ3n) is 5.99. The summed E-state index contributed by atoms with van der Waals surface area (Å²) in [7, 11) is 5.47. The molecule has 0 atom stereocenters. The number of nitrogens with two attached hydrogens (primary N) is 1. The van der Waals surface area contributed by atoms with Crippen LogP contribution in [0.2, 0.25) is 0 Å². The Balaban J connectivity index is 1.75. The zero-order valence-corrected chi connectivity index (χ0v) is 23.6. The van der Waals surface area contributed by atoms with Crippen LogP contribution in [0.15, 0.2) is 60.7 Å². The number of benzene rings is 3. The van der Waals surface area contributed by atoms with Gasteiger partial charge < -0.3 is 40.1 Å². The predicted molar refractivity (Wildman–Crippen MR) is 157 cm³/mol. The second kappa shape index (κ2) is 14.8. The largest absolute Gasteiger partial charge is 0.497 e. The summed E-state index contributed by atoms with van der Waals surface area (Å²) < 4.78 is 25.9. The number of ether oxygens (including phenoxy) is 5. The Bertz CT molecular complexity index is 1460. The molecule has 0 aliphatic rings. The molecule has 42 heavy (non-hydrogen) atoms. The van der Waals surface area contributed by atoms with Gasteiger partial charge in [0.2, 0.25) is 0 Å². The maximum atomic E-state index is 12.2. The van der Waals surface area contributed by atoms with E-state index in [-0.39, 0.29) is 41.4 Å². The molecule has 0 spiro atoms. The molecule has 0 unspecified atom stereocenters. The first-order chi connectivity index (χ1) is 20.2. The lowest BCUT2D eigenvalue weighted by Gasteiger charge is -2.15. The molecule has 0 aliphatic heterocycles. The van der Waals surface area contributed by atoms with Gasteiger partial charge in [-0.2, -0.15) is 0 Å². The monoisotopic (exact) mass is 580 g/mol. The van der Waals surface area contributed by atoms with Crippen molar-refractivity contribution in [3.05, 3.63) is 87.5 Å². The lowest BCUT2D eigenvalue weighted by molar-refractivity contribution is -0.384. The van der Waals surface area contributed by atoms with Gasteiger partial charge in [0.15, 0.2) is 11.4 Å². The second-order valence-corrected chi connectivity index (χ2v) is 8.62. The van der Waals surface area contributed by atoms with Gasteiger partial charge in [-0.15, -0.1) is 0 Å². The van der Waals surface area contributed by atoms with Crippen molar-refractivity contribution >= 4 is 34.7 Å². The fourth-order valence-corrected chi connectivity index (χ4v) is 3.87. The highest BCUT2D eigenvalue weighted by atomic mass is 16.6. The highest BCUT2D eigenvalue weighted by Gasteiger charge is 2.23. The highest BCUT2D eigenvalue weighted by Crippen LogP contribution is 2.37. The van der Waals surface area contributed by atoms with Crippen LogP contribution in [0.1, 0.15) is 26.3 Å². The number of nitrogen functional groups attached to an aromatic ring is 1. The van der Waals surface area contributed by atoms with Crippen LogP contribution in [0.3, 0.4) is 0 Å². The highest BCUT2D eigenvalue weighted by molar-refractivity contribution is 5.94. The zero-order valence-electron chi connectivity index (χ0n) is 23.6. The van der Waals surface area contributed by atoms with Crippen LogP contribution in [0, 0.1) is 10.1 Å². The molecule has 4 N–H and O–H groups in total. The molecule has 0 saturated heterocycles. The molecule has 0 aliphatic carbocycles. The number of nitro benzene ring substituents is 1. The van der Waals surface area contributed by atoms with Gasteiger partial charge in [-0.05, 0) is 35.9 Å². The first kappa shape index (κ1) is 31.1. The number of nitrogens with zero attached hydrogens (tertiary/aromatic N) is 1. The fraction of sp³-hybridized carbons (Fsp3) is 0.241. The number of hydrogen-bond acceptors (Lipinski definition) is 12. The van der Waals surface area contributed by atoms with Gasteiger partial charge in [-0.3, -0.25) is 10.1 Å². The lowest BCUT2D eigenvalue weighted by atomic mass is 10.1. The number of methoxy groups -OCH3 is 4. The standard InChI is InChI=1S/C29H32N4O9/c1-38-21-9-7-18(8-10-21)17-42-25-16-20(29(35)41-4)14-23(33(36)37)27(25)32-12-6-5-11-31-26-22(30)13-19(28(34)40-3)15-24(26)39-2/h5-10,13-16,31-32H,11-12,17,30H2,1-4H3/b6-5+. The van der Waals surface area contributed by atoms with E-state index in [0.717, 1.165) is 11.6 Å². The summed E-state index contributed by atoms with van der Waals surface area (Å²) in [6, 6.07) is 12.6. The topological polar surface area (TPSA) is 174 Å². The predicted octanol–water partition coefficient (Wildman–Crippen LogP) is 4.43. The Morgan fingerprint density at radius 2 is 1.40 bits per heavy atom. The molecular formula is C29H32N4O9. The molecule has 3 aromatic rings. The van der Waals surface area contributed by atoms with E-state index in [1.807, 2.05) is 0 Å². The SMILES string of the molecule is COC(=O)c1cc(N)c(NC/C=C/CNc2c(OCc3ccc(OC)cc3)cc(C(=O)OC)cc2[N+](=O)[O-])c(OC)c1. The third kappa shape index (κ3) is 7.81. The van der Waals surface area contributed by atoms with Crippen molar-refractivity contribution in [2.75, 3.05) is 57.9 Å². The minimum absolute atomic E-state index is 0.0241. The Morgan fingerprint density at radius 1 is 0.833 bits per heavy atom. The quantitative estimate of drug-likeness (QED) is 0.0806. The van der Waals surface area contributed by atoms with Gasteiger partial charge in [-0.25, -0.2) is 9.59 Å². The van der Waals surface area contributed by atoms with Crippen LogP contribution in [0.4, 0.5) is 22.7 Å². The van der Waals surface area contributed by atoms with Crippen molar-refractivity contribution in [2.24, 2.45) is 0 Å². The summed E-state index contributed by atoms with van der Waals surface area (Å²) in [6.45, 7) is 0.592. The Morgan fingerprint density at radius 3 is 1.95 bits per heavy atom. The van der Waals surface area contributed by atoms with Crippen molar-refractivity contribution in [3.8, 4) is 17.2 Å². The van der Waals surface area contributed by atoms with Crippen LogP contribution in [0.5, 0.6) is 17.2 Å². The molecule has 0 bridgehead atoms. The molecule has 0 amide bonds. The van der Waals surface area contributed by atoms with Gasteiger partial charge in [0.1, 0.15) is 23.8 Å². The maximum Gasteiger partial charge on any atom is 0.338 e. The van der Waals surface area contributed by atoms with Gasteiger partial charge in [0.25, 0.3) is 5.69 Å². The first-order valence-corrected chi connectivity index (χ1v) is 12.6. The van der Waals surface area contributed by atoms with E-state index in [1.165, 1.54) is 39.5 Å². The molecule has 13 nitrogen and oxygen atoms in total. The van der Waals surface area contributed by atoms with Crippen LogP contribution in [-0.4, -0.2) is 58.4 Å². The lowest BCUT2D eigenvalue weighted by Crippen LogP contribution is -2.10. The van der Waals surface area contributed by atoms with Gasteiger partial charge in [0, 0.05) is 19.2 Å². The molecule has 3 aromatic carbocycles. The molecule has 0 aromatic heterocycles. The second-order valence-electron chi connectivity index (χ2n) is 8.62. The normalized spacial score (nSPS) is 10.6. The van der Waals surface area contributed by atoms with Crippen LogP contribution in [-0.2, 0) is 16.1 Å². The Labute approximate surface area is 242 Å². The number of anilines is 3. The number of carbonyl (C=O) groups is 2.